The monoisotopic (exact) mass is 386 g/mol. The van der Waals surface area contributed by atoms with Crippen molar-refractivity contribution in [1.29, 1.82) is 0 Å². The lowest BCUT2D eigenvalue weighted by atomic mass is 10.2. The highest BCUT2D eigenvalue weighted by molar-refractivity contribution is 7.13. The number of carbonyl (C=O) groups excluding carboxylic acids is 1. The molecule has 0 radical (unpaired) electrons. The molecule has 0 bridgehead atoms. The lowest BCUT2D eigenvalue weighted by molar-refractivity contribution is -0.115. The topological polar surface area (TPSA) is 51.2 Å². The molecule has 1 aromatic heterocycles. The van der Waals surface area contributed by atoms with Gasteiger partial charge in [-0.3, -0.25) is 4.79 Å². The summed E-state index contributed by atoms with van der Waals surface area (Å²) >= 11 is 7.61. The summed E-state index contributed by atoms with van der Waals surface area (Å²) in [5.41, 5.74) is 3.34. The van der Waals surface area contributed by atoms with Gasteiger partial charge in [-0.2, -0.15) is 0 Å². The lowest BCUT2D eigenvalue weighted by Gasteiger charge is -2.08. The second-order valence-electron chi connectivity index (χ2n) is 5.74. The minimum Gasteiger partial charge on any atom is -0.494 e. The molecule has 1 heterocycles. The number of benzene rings is 2. The predicted octanol–water partition coefficient (Wildman–Crippen LogP) is 5.35. The molecule has 0 atom stereocenters. The van der Waals surface area contributed by atoms with Gasteiger partial charge < -0.3 is 10.1 Å². The largest absolute Gasteiger partial charge is 0.494 e. The Kier molecular flexibility index (Phi) is 5.91. The number of hydrogen-bond acceptors (Lipinski definition) is 4. The zero-order chi connectivity index (χ0) is 18.5. The van der Waals surface area contributed by atoms with Gasteiger partial charge in [0.05, 0.1) is 18.7 Å². The molecule has 0 spiro atoms. The Morgan fingerprint density at radius 2 is 2.00 bits per heavy atom. The van der Waals surface area contributed by atoms with E-state index in [9.17, 15) is 4.79 Å². The molecule has 3 aromatic rings. The highest BCUT2D eigenvalue weighted by Gasteiger charge is 2.11. The van der Waals surface area contributed by atoms with Gasteiger partial charge in [0.2, 0.25) is 5.91 Å². The van der Waals surface area contributed by atoms with E-state index in [-0.39, 0.29) is 12.3 Å². The number of rotatable bonds is 6. The van der Waals surface area contributed by atoms with Crippen LogP contribution >= 0.6 is 22.9 Å². The fourth-order valence-electron chi connectivity index (χ4n) is 2.48. The van der Waals surface area contributed by atoms with Crippen molar-refractivity contribution in [1.82, 2.24) is 4.98 Å². The third-order valence-corrected chi connectivity index (χ3v) is 5.20. The Balaban J connectivity index is 1.66. The number of carbonyl (C=O) groups is 1. The van der Waals surface area contributed by atoms with Crippen LogP contribution in [-0.2, 0) is 11.2 Å². The van der Waals surface area contributed by atoms with E-state index < -0.39 is 0 Å². The van der Waals surface area contributed by atoms with Crippen LogP contribution in [0, 0.1) is 6.92 Å². The third kappa shape index (κ3) is 4.42. The standard InChI is InChI=1S/C20H19ClN2O2S/c1-3-25-16-9-7-14(8-10-16)20-22-15(12-26-20)11-19(24)23-18-6-4-5-17(21)13(18)2/h4-10,12H,3,11H2,1-2H3,(H,23,24). The SMILES string of the molecule is CCOc1ccc(-c2nc(CC(=O)Nc3cccc(Cl)c3C)cs2)cc1. The van der Waals surface area contributed by atoms with E-state index >= 15 is 0 Å². The number of nitrogens with zero attached hydrogens (tertiary/aromatic N) is 1. The maximum Gasteiger partial charge on any atom is 0.230 e. The molecule has 0 unspecified atom stereocenters. The van der Waals surface area contributed by atoms with E-state index in [1.807, 2.05) is 55.6 Å². The van der Waals surface area contributed by atoms with Crippen LogP contribution in [0.5, 0.6) is 5.75 Å². The van der Waals surface area contributed by atoms with Crippen molar-refractivity contribution >= 4 is 34.5 Å². The van der Waals surface area contributed by atoms with Crippen LogP contribution in [0.2, 0.25) is 5.02 Å². The number of hydrogen-bond donors (Lipinski definition) is 1. The Hall–Kier alpha value is -2.37. The van der Waals surface area contributed by atoms with Crippen LogP contribution in [0.1, 0.15) is 18.2 Å². The number of halogens is 1. The maximum atomic E-state index is 12.3. The van der Waals surface area contributed by atoms with Crippen molar-refractivity contribution in [2.24, 2.45) is 0 Å². The van der Waals surface area contributed by atoms with Crippen molar-refractivity contribution in [2.75, 3.05) is 11.9 Å². The van der Waals surface area contributed by atoms with Crippen molar-refractivity contribution < 1.29 is 9.53 Å². The highest BCUT2D eigenvalue weighted by Crippen LogP contribution is 2.27. The summed E-state index contributed by atoms with van der Waals surface area (Å²) in [5, 5.41) is 6.33. The van der Waals surface area contributed by atoms with E-state index in [0.717, 1.165) is 33.3 Å². The number of ether oxygens (including phenoxy) is 1. The maximum absolute atomic E-state index is 12.3. The van der Waals surface area contributed by atoms with Crippen LogP contribution in [0.3, 0.4) is 0 Å². The number of thiazole rings is 1. The Morgan fingerprint density at radius 3 is 2.73 bits per heavy atom. The summed E-state index contributed by atoms with van der Waals surface area (Å²) < 4.78 is 5.45. The lowest BCUT2D eigenvalue weighted by Crippen LogP contribution is -2.15. The molecule has 0 saturated carbocycles. The van der Waals surface area contributed by atoms with Crippen LogP contribution < -0.4 is 10.1 Å². The van der Waals surface area contributed by atoms with Crippen molar-refractivity contribution in [3.05, 3.63) is 64.1 Å². The average Bonchev–Trinajstić information content (AvgIpc) is 3.08. The van der Waals surface area contributed by atoms with Crippen LogP contribution in [0.25, 0.3) is 10.6 Å². The Morgan fingerprint density at radius 1 is 1.23 bits per heavy atom. The molecule has 3 rings (SSSR count). The molecule has 4 nitrogen and oxygen atoms in total. The molecular formula is C20H19ClN2O2S. The molecule has 2 aromatic carbocycles. The minimum atomic E-state index is -0.112. The first-order chi connectivity index (χ1) is 12.6. The molecule has 6 heteroatoms. The average molecular weight is 387 g/mol. The van der Waals surface area contributed by atoms with Gasteiger partial charge in [-0.1, -0.05) is 17.7 Å². The summed E-state index contributed by atoms with van der Waals surface area (Å²) in [6, 6.07) is 13.3. The number of aromatic nitrogens is 1. The quantitative estimate of drug-likeness (QED) is 0.621. The predicted molar refractivity (Wildman–Crippen MR) is 107 cm³/mol. The van der Waals surface area contributed by atoms with Gasteiger partial charge in [-0.15, -0.1) is 11.3 Å². The van der Waals surface area contributed by atoms with E-state index in [1.54, 1.807) is 6.07 Å². The second kappa shape index (κ2) is 8.34. The van der Waals surface area contributed by atoms with Crippen molar-refractivity contribution in [3.63, 3.8) is 0 Å². The van der Waals surface area contributed by atoms with Crippen LogP contribution in [0.15, 0.2) is 47.8 Å². The first-order valence-corrected chi connectivity index (χ1v) is 9.55. The van der Waals surface area contributed by atoms with Gasteiger partial charge >= 0.3 is 0 Å². The first kappa shape index (κ1) is 18.4. The molecule has 1 N–H and O–H groups in total. The second-order valence-corrected chi connectivity index (χ2v) is 7.00. The van der Waals surface area contributed by atoms with E-state index in [2.05, 4.69) is 10.3 Å². The Labute approximate surface area is 161 Å². The molecular weight excluding hydrogens is 368 g/mol. The molecule has 0 aliphatic carbocycles. The Bertz CT molecular complexity index is 906. The van der Waals surface area contributed by atoms with Crippen LogP contribution in [0.4, 0.5) is 5.69 Å². The molecule has 0 fully saturated rings. The van der Waals surface area contributed by atoms with Gasteiger partial charge in [0.15, 0.2) is 0 Å². The fraction of sp³-hybridized carbons (Fsp3) is 0.200. The summed E-state index contributed by atoms with van der Waals surface area (Å²) in [7, 11) is 0. The fourth-order valence-corrected chi connectivity index (χ4v) is 3.48. The summed E-state index contributed by atoms with van der Waals surface area (Å²) in [4.78, 5) is 16.9. The minimum absolute atomic E-state index is 0.112. The van der Waals surface area contributed by atoms with E-state index in [1.165, 1.54) is 11.3 Å². The van der Waals surface area contributed by atoms with E-state index in [4.69, 9.17) is 16.3 Å². The molecule has 0 aliphatic heterocycles. The summed E-state index contributed by atoms with van der Waals surface area (Å²) in [5.74, 6) is 0.725. The van der Waals surface area contributed by atoms with Gasteiger partial charge in [0.25, 0.3) is 0 Å². The number of amides is 1. The third-order valence-electron chi connectivity index (χ3n) is 3.85. The highest BCUT2D eigenvalue weighted by atomic mass is 35.5. The van der Waals surface area contributed by atoms with Gasteiger partial charge in [0.1, 0.15) is 10.8 Å². The normalized spacial score (nSPS) is 10.6. The van der Waals surface area contributed by atoms with Gasteiger partial charge in [0, 0.05) is 21.7 Å². The summed E-state index contributed by atoms with van der Waals surface area (Å²) in [6.07, 6.45) is 0.222. The van der Waals surface area contributed by atoms with Crippen LogP contribution in [-0.4, -0.2) is 17.5 Å². The molecule has 26 heavy (non-hydrogen) atoms. The van der Waals surface area contributed by atoms with Crippen molar-refractivity contribution in [3.8, 4) is 16.3 Å². The molecule has 0 saturated heterocycles. The van der Waals surface area contributed by atoms with Crippen molar-refractivity contribution in [2.45, 2.75) is 20.3 Å². The van der Waals surface area contributed by atoms with Gasteiger partial charge in [-0.25, -0.2) is 4.98 Å². The number of nitrogens with one attached hydrogen (secondary N) is 1. The van der Waals surface area contributed by atoms with Gasteiger partial charge in [-0.05, 0) is 55.8 Å². The molecule has 134 valence electrons. The smallest absolute Gasteiger partial charge is 0.230 e. The van der Waals surface area contributed by atoms with E-state index in [0.29, 0.717) is 11.6 Å². The first-order valence-electron chi connectivity index (χ1n) is 8.29. The molecule has 0 aliphatic rings. The zero-order valence-corrected chi connectivity index (χ0v) is 16.2. The zero-order valence-electron chi connectivity index (χ0n) is 14.6. The molecule has 1 amide bonds. The summed E-state index contributed by atoms with van der Waals surface area (Å²) in [6.45, 7) is 4.48. The number of anilines is 1.